The maximum atomic E-state index is 13.0. The van der Waals surface area contributed by atoms with Crippen molar-refractivity contribution in [3.8, 4) is 0 Å². The summed E-state index contributed by atoms with van der Waals surface area (Å²) in [4.78, 5) is 50.6. The third-order valence-corrected chi connectivity index (χ3v) is 24.7. The molecule has 692 valence electrons. The van der Waals surface area contributed by atoms with Crippen molar-refractivity contribution in [3.05, 3.63) is 107 Å². The van der Waals surface area contributed by atoms with Crippen LogP contribution in [0.5, 0.6) is 0 Å². The fourth-order valence-corrected chi connectivity index (χ4v) is 16.3. The largest absolute Gasteiger partial charge is 2.00 e. The van der Waals surface area contributed by atoms with E-state index in [-0.39, 0.29) is 86.4 Å². The van der Waals surface area contributed by atoms with Crippen molar-refractivity contribution in [3.63, 3.8) is 0 Å². The summed E-state index contributed by atoms with van der Waals surface area (Å²) in [6.45, 7) is 9.61. The van der Waals surface area contributed by atoms with E-state index in [4.69, 9.17) is 18.9 Å². The second-order valence-electron chi connectivity index (χ2n) is 34.3. The van der Waals surface area contributed by atoms with Crippen LogP contribution in [-0.4, -0.2) is 114 Å². The van der Waals surface area contributed by atoms with E-state index in [0.29, 0.717) is 25.7 Å². The third-order valence-electron chi connectivity index (χ3n) is 23.0. The molecule has 0 saturated carbocycles. The van der Waals surface area contributed by atoms with Crippen LogP contribution in [0.4, 0.5) is 0 Å². The number of allylic oxidation sites excluding steroid dienone is 8. The van der Waals surface area contributed by atoms with Gasteiger partial charge in [0.25, 0.3) is 0 Å². The molecule has 0 atom stereocenters. The van der Waals surface area contributed by atoms with Crippen LogP contribution >= 0.6 is 0 Å². The minimum atomic E-state index is -4.83. The standard InChI is InChI=1S/2C52H90O7S.Ca/c2*1-3-5-7-9-11-13-15-17-19-21-23-25-27-29-31-33-35-37-39-41-45-58-51(53)49-44-43-48(60(55,56)57)47-50(49)52(54)59-46-42-40-38-36-34-32-30-28-26-24-22-20-18-16-14-12-10-8-6-4-2;/h2*35-38,43-44,47H,3-34,39-42,45-46H2,1-2H3,(H,55,56,57);/q;;+2/p-2/b2*37-35+,38-36+;. The first kappa shape index (κ1) is 117. The Morgan fingerprint density at radius 2 is 0.364 bits per heavy atom. The SMILES string of the molecule is CCCCCCCCCCCCCCCCC/C=C/CCCOC(=O)c1ccc(S(=O)(=O)[O-])cc1C(=O)OCCC/C=C/CCCCCCCCCCCCCCCCC.CCCCCCCCCCCCCCCCC/C=C/CCCOC(=O)c1ccc(S(=O)(=O)[O-])cc1C(=O)OCCC/C=C/CCCCCCCCCCCCCCCCC.[Ca+2]. The Morgan fingerprint density at radius 1 is 0.223 bits per heavy atom. The van der Waals surface area contributed by atoms with Crippen LogP contribution in [-0.2, 0) is 39.2 Å². The molecule has 2 rings (SSSR count). The predicted molar refractivity (Wildman–Crippen MR) is 507 cm³/mol. The Kier molecular flexibility index (Phi) is 85.7. The number of unbranched alkanes of at least 4 members (excludes halogenated alkanes) is 64. The van der Waals surface area contributed by atoms with Gasteiger partial charge in [0, 0.05) is 0 Å². The van der Waals surface area contributed by atoms with Crippen molar-refractivity contribution in [1.29, 1.82) is 0 Å². The zero-order valence-electron chi connectivity index (χ0n) is 78.1. The molecular formula is C104H178CaO14S2. The molecule has 0 spiro atoms. The molecule has 0 radical (unpaired) electrons. The van der Waals surface area contributed by atoms with Gasteiger partial charge in [-0.2, -0.15) is 0 Å². The third kappa shape index (κ3) is 75.1. The molecule has 0 aromatic heterocycles. The molecule has 0 saturated heterocycles. The molecule has 2 aromatic rings. The van der Waals surface area contributed by atoms with Crippen molar-refractivity contribution in [2.24, 2.45) is 0 Å². The molecule has 0 aliphatic heterocycles. The Hall–Kier alpha value is -3.64. The van der Waals surface area contributed by atoms with E-state index in [1.165, 1.54) is 385 Å². The molecule has 2 aromatic carbocycles. The fraction of sp³-hybridized carbons (Fsp3) is 0.769. The number of carbonyl (C=O) groups is 4. The van der Waals surface area contributed by atoms with Gasteiger partial charge >= 0.3 is 61.6 Å². The van der Waals surface area contributed by atoms with Gasteiger partial charge in [-0.15, -0.1) is 0 Å². The molecule has 0 aliphatic rings. The summed E-state index contributed by atoms with van der Waals surface area (Å²) in [7, 11) is -9.66. The van der Waals surface area contributed by atoms with Crippen LogP contribution in [0.1, 0.15) is 531 Å². The zero-order valence-corrected chi connectivity index (χ0v) is 81.9. The molecule has 0 N–H and O–H groups in total. The van der Waals surface area contributed by atoms with Crippen LogP contribution in [0.15, 0.2) is 94.8 Å². The second-order valence-corrected chi connectivity index (χ2v) is 37.0. The second kappa shape index (κ2) is 88.4. The van der Waals surface area contributed by atoms with E-state index in [2.05, 4.69) is 76.3 Å². The van der Waals surface area contributed by atoms with Crippen molar-refractivity contribution in [2.75, 3.05) is 26.4 Å². The molecule has 0 fully saturated rings. The maximum absolute atomic E-state index is 13.0. The monoisotopic (exact) mass is 1760 g/mol. The number of esters is 4. The van der Waals surface area contributed by atoms with Crippen molar-refractivity contribution < 1.29 is 64.1 Å². The number of hydrogen-bond donors (Lipinski definition) is 0. The van der Waals surface area contributed by atoms with Gasteiger partial charge in [-0.25, -0.2) is 36.0 Å². The Labute approximate surface area is 773 Å². The first-order valence-corrected chi connectivity index (χ1v) is 52.9. The van der Waals surface area contributed by atoms with Crippen LogP contribution in [0.25, 0.3) is 0 Å². The van der Waals surface area contributed by atoms with Crippen LogP contribution in [0.2, 0.25) is 0 Å². The first-order valence-electron chi connectivity index (χ1n) is 50.1. The Morgan fingerprint density at radius 3 is 0.521 bits per heavy atom. The zero-order chi connectivity index (χ0) is 87.2. The van der Waals surface area contributed by atoms with Crippen molar-refractivity contribution in [1.82, 2.24) is 0 Å². The minimum Gasteiger partial charge on any atom is -0.744 e. The van der Waals surface area contributed by atoms with E-state index in [9.17, 15) is 45.1 Å². The van der Waals surface area contributed by atoms with E-state index in [1.54, 1.807) is 0 Å². The molecular weight excluding hydrogens is 1580 g/mol. The summed E-state index contributed by atoms with van der Waals surface area (Å²) in [5.41, 5.74) is -0.771. The molecule has 0 amide bonds. The molecule has 17 heteroatoms. The fourth-order valence-electron chi connectivity index (χ4n) is 15.3. The topological polar surface area (TPSA) is 220 Å². The number of rotatable bonds is 86. The van der Waals surface area contributed by atoms with Gasteiger partial charge in [-0.1, -0.05) is 436 Å². The first-order chi connectivity index (χ1) is 58.6. The quantitative estimate of drug-likeness (QED) is 0.0150. The Balaban J connectivity index is 0.00000236. The van der Waals surface area contributed by atoms with Crippen LogP contribution < -0.4 is 0 Å². The van der Waals surface area contributed by atoms with E-state index < -0.39 is 53.9 Å². The van der Waals surface area contributed by atoms with E-state index >= 15 is 0 Å². The summed E-state index contributed by atoms with van der Waals surface area (Å²) in [6, 6.07) is 6.20. The van der Waals surface area contributed by atoms with Gasteiger partial charge in [-0.05, 0) is 139 Å². The smallest absolute Gasteiger partial charge is 0.744 e. The maximum Gasteiger partial charge on any atom is 2.00 e. The minimum absolute atomic E-state index is 0. The van der Waals surface area contributed by atoms with Gasteiger partial charge in [0.1, 0.15) is 20.2 Å². The van der Waals surface area contributed by atoms with Gasteiger partial charge in [0.2, 0.25) is 0 Å². The summed E-state index contributed by atoms with van der Waals surface area (Å²) < 4.78 is 91.7. The number of carbonyl (C=O) groups excluding carboxylic acids is 4. The van der Waals surface area contributed by atoms with Gasteiger partial charge in [0.05, 0.1) is 58.5 Å². The van der Waals surface area contributed by atoms with Crippen LogP contribution in [0, 0.1) is 0 Å². The predicted octanol–water partition coefficient (Wildman–Crippen LogP) is 31.8. The summed E-state index contributed by atoms with van der Waals surface area (Å²) in [5, 5.41) is 0. The molecule has 0 aliphatic carbocycles. The number of hydrogen-bond acceptors (Lipinski definition) is 14. The molecule has 121 heavy (non-hydrogen) atoms. The van der Waals surface area contributed by atoms with Crippen molar-refractivity contribution in [2.45, 2.75) is 500 Å². The molecule has 14 nitrogen and oxygen atoms in total. The van der Waals surface area contributed by atoms with Gasteiger partial charge in [-0.3, -0.25) is 0 Å². The average molecular weight is 1760 g/mol. The number of ether oxygens (including phenoxy) is 4. The van der Waals surface area contributed by atoms with Gasteiger partial charge in [0.15, 0.2) is 0 Å². The summed E-state index contributed by atoms with van der Waals surface area (Å²) >= 11 is 0. The summed E-state index contributed by atoms with van der Waals surface area (Å²) in [5.74, 6) is -3.20. The molecule has 0 unspecified atom stereocenters. The Bertz CT molecular complexity index is 2880. The van der Waals surface area contributed by atoms with E-state index in [1.807, 2.05) is 0 Å². The van der Waals surface area contributed by atoms with E-state index in [0.717, 1.165) is 87.8 Å². The normalized spacial score (nSPS) is 11.8. The summed E-state index contributed by atoms with van der Waals surface area (Å²) in [6.07, 6.45) is 108. The average Bonchev–Trinajstić information content (AvgIpc) is 0.813. The number of benzene rings is 2. The molecule has 0 heterocycles. The van der Waals surface area contributed by atoms with Gasteiger partial charge < -0.3 is 28.1 Å². The van der Waals surface area contributed by atoms with Crippen LogP contribution in [0.3, 0.4) is 0 Å². The molecule has 0 bridgehead atoms. The van der Waals surface area contributed by atoms with Crippen molar-refractivity contribution >= 4 is 81.9 Å².